The Labute approximate surface area is 202 Å². The van der Waals surface area contributed by atoms with Crippen molar-refractivity contribution >= 4 is 11.7 Å². The SMILES string of the molecule is O=C(O)c1ccc(CO[C@@H]2O[C@H](CO)[C@@H](O[C@H]3O[C@H](CO)[C@@H](O)[C@H](O)[C@H]3O)[C@H](O)[C@H]2O)c([N+](=O)[O-])c1. The number of hydrogen-bond donors (Lipinski definition) is 8. The van der Waals surface area contributed by atoms with E-state index in [1.54, 1.807) is 0 Å². The van der Waals surface area contributed by atoms with Crippen LogP contribution in [0.15, 0.2) is 18.2 Å². The highest BCUT2D eigenvalue weighted by molar-refractivity contribution is 5.88. The summed E-state index contributed by atoms with van der Waals surface area (Å²) in [5, 5.41) is 90.3. The second kappa shape index (κ2) is 11.8. The molecule has 1 aromatic rings. The van der Waals surface area contributed by atoms with Gasteiger partial charge in [0.05, 0.1) is 35.9 Å². The van der Waals surface area contributed by atoms with Crippen LogP contribution in [0.4, 0.5) is 5.69 Å². The first kappa shape index (κ1) is 28.2. The summed E-state index contributed by atoms with van der Waals surface area (Å²) in [7, 11) is 0. The molecule has 0 aliphatic carbocycles. The van der Waals surface area contributed by atoms with Gasteiger partial charge in [0.2, 0.25) is 0 Å². The standard InChI is InChI=1S/C20H27NO15/c22-4-10-12(24)13(25)15(27)20(34-10)36-17-11(5-23)35-19(16(28)14(17)26)33-6-8-2-1-7(18(29)30)3-9(8)21(31)32/h1-3,10-17,19-20,22-28H,4-6H2,(H,29,30)/t10-,11-,12-,13+,14-,15-,16-,17-,19-,20-/m1/s1. The highest BCUT2D eigenvalue weighted by Gasteiger charge is 2.50. The van der Waals surface area contributed by atoms with Crippen LogP contribution in [0.2, 0.25) is 0 Å². The molecule has 0 saturated carbocycles. The number of nitro benzene ring substituents is 1. The smallest absolute Gasteiger partial charge is 0.335 e. The van der Waals surface area contributed by atoms with Gasteiger partial charge in [0, 0.05) is 6.07 Å². The van der Waals surface area contributed by atoms with Crippen molar-refractivity contribution in [3.8, 4) is 0 Å². The summed E-state index contributed by atoms with van der Waals surface area (Å²) in [5.41, 5.74) is -0.956. The number of carboxylic acids is 1. The Morgan fingerprint density at radius 2 is 1.53 bits per heavy atom. The van der Waals surface area contributed by atoms with E-state index in [1.165, 1.54) is 0 Å². The molecule has 8 N–H and O–H groups in total. The minimum Gasteiger partial charge on any atom is -0.478 e. The van der Waals surface area contributed by atoms with Gasteiger partial charge < -0.3 is 59.8 Å². The molecule has 2 aliphatic rings. The zero-order valence-corrected chi connectivity index (χ0v) is 18.5. The van der Waals surface area contributed by atoms with Crippen molar-refractivity contribution in [2.45, 2.75) is 68.0 Å². The van der Waals surface area contributed by atoms with E-state index in [0.29, 0.717) is 0 Å². The fourth-order valence-electron chi connectivity index (χ4n) is 3.85. The number of nitro groups is 1. The number of carboxylic acid groups (broad SMARTS) is 1. The summed E-state index contributed by atoms with van der Waals surface area (Å²) in [6, 6.07) is 3.08. The number of benzene rings is 1. The van der Waals surface area contributed by atoms with Gasteiger partial charge in [0.1, 0.15) is 48.8 Å². The van der Waals surface area contributed by atoms with Crippen molar-refractivity contribution in [1.29, 1.82) is 0 Å². The zero-order valence-electron chi connectivity index (χ0n) is 18.5. The van der Waals surface area contributed by atoms with Gasteiger partial charge in [-0.05, 0) is 12.1 Å². The second-order valence-electron chi connectivity index (χ2n) is 8.22. The Kier molecular flexibility index (Phi) is 9.25. The van der Waals surface area contributed by atoms with Crippen LogP contribution in [0, 0.1) is 10.1 Å². The molecular formula is C20H27NO15. The maximum atomic E-state index is 11.3. The van der Waals surface area contributed by atoms with Crippen molar-refractivity contribution in [2.75, 3.05) is 13.2 Å². The lowest BCUT2D eigenvalue weighted by Gasteiger charge is -2.45. The number of nitrogens with zero attached hydrogens (tertiary/aromatic N) is 1. The van der Waals surface area contributed by atoms with Crippen molar-refractivity contribution in [2.24, 2.45) is 0 Å². The van der Waals surface area contributed by atoms with Crippen molar-refractivity contribution in [3.05, 3.63) is 39.4 Å². The quantitative estimate of drug-likeness (QED) is 0.115. The van der Waals surface area contributed by atoms with E-state index in [-0.39, 0.29) is 11.1 Å². The normalized spacial score (nSPS) is 37.0. The van der Waals surface area contributed by atoms with E-state index in [0.717, 1.165) is 18.2 Å². The van der Waals surface area contributed by atoms with Crippen LogP contribution in [-0.2, 0) is 25.6 Å². The highest BCUT2D eigenvalue weighted by Crippen LogP contribution is 2.30. The number of aliphatic hydroxyl groups excluding tert-OH is 7. The van der Waals surface area contributed by atoms with E-state index in [4.69, 9.17) is 24.1 Å². The van der Waals surface area contributed by atoms with Crippen LogP contribution in [-0.4, -0.2) is 126 Å². The highest BCUT2D eigenvalue weighted by atomic mass is 16.7. The van der Waals surface area contributed by atoms with Gasteiger partial charge >= 0.3 is 5.97 Å². The Morgan fingerprint density at radius 3 is 2.11 bits per heavy atom. The molecular weight excluding hydrogens is 494 g/mol. The predicted molar refractivity (Wildman–Crippen MR) is 111 cm³/mol. The van der Waals surface area contributed by atoms with Gasteiger partial charge in [-0.25, -0.2) is 4.79 Å². The minimum absolute atomic E-state index is 0.0597. The Hall–Kier alpha value is -2.35. The molecule has 0 radical (unpaired) electrons. The Balaban J connectivity index is 1.71. The van der Waals surface area contributed by atoms with E-state index >= 15 is 0 Å². The number of carbonyl (C=O) groups is 1. The maximum absolute atomic E-state index is 11.3. The monoisotopic (exact) mass is 521 g/mol. The minimum atomic E-state index is -1.83. The number of aromatic carboxylic acids is 1. The number of rotatable bonds is 9. The van der Waals surface area contributed by atoms with Gasteiger partial charge in [-0.15, -0.1) is 0 Å². The summed E-state index contributed by atoms with van der Waals surface area (Å²) in [6.07, 6.45) is -16.5. The van der Waals surface area contributed by atoms with E-state index in [9.17, 15) is 50.7 Å². The first-order valence-corrected chi connectivity index (χ1v) is 10.7. The average molecular weight is 521 g/mol. The third-order valence-corrected chi connectivity index (χ3v) is 5.89. The maximum Gasteiger partial charge on any atom is 0.335 e. The van der Waals surface area contributed by atoms with Crippen LogP contribution < -0.4 is 0 Å². The van der Waals surface area contributed by atoms with Crippen molar-refractivity contribution < 1.29 is 69.5 Å². The number of hydrogen-bond acceptors (Lipinski definition) is 14. The summed E-state index contributed by atoms with van der Waals surface area (Å²) in [6.45, 7) is -2.07. The summed E-state index contributed by atoms with van der Waals surface area (Å²) in [4.78, 5) is 21.6. The zero-order chi connectivity index (χ0) is 26.7. The molecule has 2 heterocycles. The fraction of sp³-hybridized carbons (Fsp3) is 0.650. The second-order valence-corrected chi connectivity index (χ2v) is 8.22. The molecule has 0 spiro atoms. The first-order valence-electron chi connectivity index (χ1n) is 10.7. The lowest BCUT2D eigenvalue weighted by atomic mass is 9.97. The Morgan fingerprint density at radius 1 is 0.917 bits per heavy atom. The molecule has 16 nitrogen and oxygen atoms in total. The Bertz CT molecular complexity index is 926. The molecule has 10 atom stereocenters. The molecule has 0 unspecified atom stereocenters. The molecule has 2 saturated heterocycles. The molecule has 0 aromatic heterocycles. The molecule has 1 aromatic carbocycles. The van der Waals surface area contributed by atoms with Gasteiger partial charge in [0.25, 0.3) is 5.69 Å². The van der Waals surface area contributed by atoms with Gasteiger partial charge in [-0.3, -0.25) is 10.1 Å². The molecule has 202 valence electrons. The molecule has 16 heteroatoms. The van der Waals surface area contributed by atoms with Crippen LogP contribution in [0.5, 0.6) is 0 Å². The largest absolute Gasteiger partial charge is 0.478 e. The predicted octanol–water partition coefficient (Wildman–Crippen LogP) is -3.57. The lowest BCUT2D eigenvalue weighted by molar-refractivity contribution is -0.386. The van der Waals surface area contributed by atoms with Crippen molar-refractivity contribution in [1.82, 2.24) is 0 Å². The van der Waals surface area contributed by atoms with Crippen LogP contribution in [0.25, 0.3) is 0 Å². The molecule has 36 heavy (non-hydrogen) atoms. The average Bonchev–Trinajstić information content (AvgIpc) is 2.86. The van der Waals surface area contributed by atoms with Gasteiger partial charge in [-0.1, -0.05) is 0 Å². The van der Waals surface area contributed by atoms with E-state index in [2.05, 4.69) is 0 Å². The summed E-state index contributed by atoms with van der Waals surface area (Å²) >= 11 is 0. The van der Waals surface area contributed by atoms with Crippen molar-refractivity contribution in [3.63, 3.8) is 0 Å². The van der Waals surface area contributed by atoms with E-state index in [1.807, 2.05) is 0 Å². The van der Waals surface area contributed by atoms with Gasteiger partial charge in [-0.2, -0.15) is 0 Å². The third kappa shape index (κ3) is 5.79. The van der Waals surface area contributed by atoms with Crippen LogP contribution >= 0.6 is 0 Å². The first-order chi connectivity index (χ1) is 17.0. The lowest BCUT2D eigenvalue weighted by Crippen LogP contribution is -2.64. The molecule has 3 rings (SSSR count). The van der Waals surface area contributed by atoms with Gasteiger partial charge in [0.15, 0.2) is 12.6 Å². The molecule has 2 fully saturated rings. The molecule has 0 bridgehead atoms. The van der Waals surface area contributed by atoms with Crippen LogP contribution in [0.1, 0.15) is 15.9 Å². The number of aliphatic hydroxyl groups is 7. The fourth-order valence-corrected chi connectivity index (χ4v) is 3.85. The van der Waals surface area contributed by atoms with Crippen LogP contribution in [0.3, 0.4) is 0 Å². The van der Waals surface area contributed by atoms with E-state index < -0.39 is 97.8 Å². The summed E-state index contributed by atoms with van der Waals surface area (Å²) in [5.74, 6) is -1.38. The topological polar surface area (TPSA) is 259 Å². The molecule has 2 aliphatic heterocycles. The third-order valence-electron chi connectivity index (χ3n) is 5.89. The summed E-state index contributed by atoms with van der Waals surface area (Å²) < 4.78 is 21.4. The molecule has 0 amide bonds. The number of ether oxygens (including phenoxy) is 4.